The van der Waals surface area contributed by atoms with E-state index in [-0.39, 0.29) is 5.69 Å². The van der Waals surface area contributed by atoms with E-state index in [1.54, 1.807) is 4.68 Å². The highest BCUT2D eigenvalue weighted by molar-refractivity contribution is 7.89. The van der Waals surface area contributed by atoms with Gasteiger partial charge in [-0.3, -0.25) is 4.79 Å². The second kappa shape index (κ2) is 7.12. The van der Waals surface area contributed by atoms with Crippen LogP contribution in [0, 0.1) is 0 Å². The molecule has 0 bridgehead atoms. The van der Waals surface area contributed by atoms with Crippen LogP contribution in [0.25, 0.3) is 5.69 Å². The zero-order valence-electron chi connectivity index (χ0n) is 14.3. The SMILES string of the molecule is CCCc1c(C(=O)NS(C)(=O)=O)nnn1-c1cccc(C(C)C)c1. The minimum Gasteiger partial charge on any atom is -0.266 e. The molecule has 1 heterocycles. The van der Waals surface area contributed by atoms with Crippen molar-refractivity contribution in [3.05, 3.63) is 41.2 Å². The zero-order valence-corrected chi connectivity index (χ0v) is 15.1. The van der Waals surface area contributed by atoms with Crippen LogP contribution in [0.2, 0.25) is 0 Å². The Labute approximate surface area is 142 Å². The van der Waals surface area contributed by atoms with Crippen molar-refractivity contribution in [2.45, 2.75) is 39.5 Å². The van der Waals surface area contributed by atoms with E-state index in [1.807, 2.05) is 35.9 Å². The van der Waals surface area contributed by atoms with Crippen LogP contribution in [0.15, 0.2) is 24.3 Å². The second-order valence-corrected chi connectivity index (χ2v) is 7.75. The molecule has 0 aliphatic heterocycles. The summed E-state index contributed by atoms with van der Waals surface area (Å²) in [6, 6.07) is 7.84. The maximum atomic E-state index is 12.2. The van der Waals surface area contributed by atoms with Gasteiger partial charge in [0, 0.05) is 0 Å². The predicted molar refractivity (Wildman–Crippen MR) is 91.8 cm³/mol. The Balaban J connectivity index is 2.49. The number of hydrogen-bond donors (Lipinski definition) is 1. The smallest absolute Gasteiger partial charge is 0.266 e. The van der Waals surface area contributed by atoms with Gasteiger partial charge in [-0.15, -0.1) is 5.10 Å². The molecule has 7 nitrogen and oxygen atoms in total. The summed E-state index contributed by atoms with van der Waals surface area (Å²) in [6.07, 6.45) is 2.27. The van der Waals surface area contributed by atoms with E-state index in [1.165, 1.54) is 0 Å². The third kappa shape index (κ3) is 4.19. The normalized spacial score (nSPS) is 11.7. The Morgan fingerprint density at radius 1 is 1.33 bits per heavy atom. The standard InChI is InChI=1S/C16H22N4O3S/c1-5-7-14-15(16(21)18-24(4,22)23)17-19-20(14)13-9-6-8-12(10-13)11(2)3/h6,8-11H,5,7H2,1-4H3,(H,18,21). The summed E-state index contributed by atoms with van der Waals surface area (Å²) in [7, 11) is -3.65. The van der Waals surface area contributed by atoms with E-state index in [2.05, 4.69) is 24.2 Å². The fourth-order valence-corrected chi connectivity index (χ4v) is 2.81. The van der Waals surface area contributed by atoms with Crippen LogP contribution >= 0.6 is 0 Å². The molecule has 0 radical (unpaired) electrons. The van der Waals surface area contributed by atoms with Crippen LogP contribution in [-0.4, -0.2) is 35.6 Å². The summed E-state index contributed by atoms with van der Waals surface area (Å²) >= 11 is 0. The van der Waals surface area contributed by atoms with Crippen molar-refractivity contribution in [2.75, 3.05) is 6.26 Å². The Morgan fingerprint density at radius 2 is 2.04 bits per heavy atom. The van der Waals surface area contributed by atoms with Crippen LogP contribution in [0.5, 0.6) is 0 Å². The molecule has 2 rings (SSSR count). The first kappa shape index (κ1) is 18.1. The van der Waals surface area contributed by atoms with Gasteiger partial charge in [0.05, 0.1) is 17.6 Å². The molecule has 1 N–H and O–H groups in total. The van der Waals surface area contributed by atoms with E-state index < -0.39 is 15.9 Å². The summed E-state index contributed by atoms with van der Waals surface area (Å²) in [5, 5.41) is 7.97. The van der Waals surface area contributed by atoms with Crippen LogP contribution < -0.4 is 4.72 Å². The number of benzene rings is 1. The van der Waals surface area contributed by atoms with Gasteiger partial charge in [-0.05, 0) is 30.0 Å². The summed E-state index contributed by atoms with van der Waals surface area (Å²) in [6.45, 7) is 6.16. The number of nitrogens with one attached hydrogen (secondary N) is 1. The molecule has 1 amide bonds. The first-order valence-electron chi connectivity index (χ1n) is 7.80. The molecule has 0 saturated heterocycles. The minimum atomic E-state index is -3.65. The topological polar surface area (TPSA) is 93.9 Å². The van der Waals surface area contributed by atoms with Crippen molar-refractivity contribution >= 4 is 15.9 Å². The van der Waals surface area contributed by atoms with Crippen molar-refractivity contribution in [3.8, 4) is 5.69 Å². The third-order valence-corrected chi connectivity index (χ3v) is 4.08. The largest absolute Gasteiger partial charge is 0.287 e. The minimum absolute atomic E-state index is 0.0391. The number of nitrogens with zero attached hydrogens (tertiary/aromatic N) is 3. The Kier molecular flexibility index (Phi) is 5.38. The molecular formula is C16H22N4O3S. The predicted octanol–water partition coefficient (Wildman–Crippen LogP) is 2.03. The molecule has 2 aromatic rings. The zero-order chi connectivity index (χ0) is 17.9. The van der Waals surface area contributed by atoms with Crippen molar-refractivity contribution in [1.29, 1.82) is 0 Å². The Morgan fingerprint density at radius 3 is 2.62 bits per heavy atom. The Bertz CT molecular complexity index is 841. The maximum absolute atomic E-state index is 12.2. The van der Waals surface area contributed by atoms with Crippen LogP contribution in [0.3, 0.4) is 0 Å². The molecule has 0 aliphatic rings. The Hall–Kier alpha value is -2.22. The summed E-state index contributed by atoms with van der Waals surface area (Å²) < 4.78 is 26.1. The lowest BCUT2D eigenvalue weighted by atomic mass is 10.0. The van der Waals surface area contributed by atoms with Crippen LogP contribution in [-0.2, 0) is 16.4 Å². The molecule has 1 aromatic heterocycles. The number of carbonyl (C=O) groups is 1. The first-order chi connectivity index (χ1) is 11.2. The van der Waals surface area contributed by atoms with Crippen molar-refractivity contribution in [2.24, 2.45) is 0 Å². The molecule has 8 heteroatoms. The van der Waals surface area contributed by atoms with Gasteiger partial charge in [0.15, 0.2) is 5.69 Å². The quantitative estimate of drug-likeness (QED) is 0.860. The van der Waals surface area contributed by atoms with Gasteiger partial charge in [0.25, 0.3) is 5.91 Å². The lowest BCUT2D eigenvalue weighted by molar-refractivity contribution is 0.0976. The molecule has 0 unspecified atom stereocenters. The number of carbonyl (C=O) groups excluding carboxylic acids is 1. The van der Waals surface area contributed by atoms with Gasteiger partial charge in [0.2, 0.25) is 10.0 Å². The fraction of sp³-hybridized carbons (Fsp3) is 0.438. The van der Waals surface area contributed by atoms with Gasteiger partial charge in [-0.1, -0.05) is 44.5 Å². The highest BCUT2D eigenvalue weighted by Gasteiger charge is 2.22. The molecule has 0 fully saturated rings. The van der Waals surface area contributed by atoms with Gasteiger partial charge < -0.3 is 0 Å². The lowest BCUT2D eigenvalue weighted by Gasteiger charge is -2.10. The molecule has 0 spiro atoms. The van der Waals surface area contributed by atoms with E-state index in [0.717, 1.165) is 23.9 Å². The van der Waals surface area contributed by atoms with Crippen molar-refractivity contribution in [3.63, 3.8) is 0 Å². The van der Waals surface area contributed by atoms with Gasteiger partial charge >= 0.3 is 0 Å². The summed E-state index contributed by atoms with van der Waals surface area (Å²) in [5.41, 5.74) is 2.58. The number of sulfonamides is 1. The van der Waals surface area contributed by atoms with E-state index >= 15 is 0 Å². The monoisotopic (exact) mass is 350 g/mol. The highest BCUT2D eigenvalue weighted by Crippen LogP contribution is 2.20. The number of rotatable bonds is 6. The number of amides is 1. The molecule has 0 aliphatic carbocycles. The molecule has 24 heavy (non-hydrogen) atoms. The van der Waals surface area contributed by atoms with Gasteiger partial charge in [-0.25, -0.2) is 17.8 Å². The van der Waals surface area contributed by atoms with E-state index in [0.29, 0.717) is 18.0 Å². The van der Waals surface area contributed by atoms with Crippen LogP contribution in [0.1, 0.15) is 54.9 Å². The second-order valence-electron chi connectivity index (χ2n) is 6.00. The fourth-order valence-electron chi connectivity index (χ4n) is 2.38. The average Bonchev–Trinajstić information content (AvgIpc) is 2.90. The average molecular weight is 350 g/mol. The summed E-state index contributed by atoms with van der Waals surface area (Å²) in [4.78, 5) is 12.2. The summed E-state index contributed by atoms with van der Waals surface area (Å²) in [5.74, 6) is -0.400. The number of aromatic nitrogens is 3. The molecule has 1 aromatic carbocycles. The molecule has 0 saturated carbocycles. The molecule has 0 atom stereocenters. The molecular weight excluding hydrogens is 328 g/mol. The van der Waals surface area contributed by atoms with E-state index in [4.69, 9.17) is 0 Å². The highest BCUT2D eigenvalue weighted by atomic mass is 32.2. The van der Waals surface area contributed by atoms with Crippen LogP contribution in [0.4, 0.5) is 0 Å². The number of hydrogen-bond acceptors (Lipinski definition) is 5. The lowest BCUT2D eigenvalue weighted by Crippen LogP contribution is -2.30. The third-order valence-electron chi connectivity index (χ3n) is 3.52. The van der Waals surface area contributed by atoms with Crippen molar-refractivity contribution < 1.29 is 13.2 Å². The first-order valence-corrected chi connectivity index (χ1v) is 9.69. The maximum Gasteiger partial charge on any atom is 0.287 e. The van der Waals surface area contributed by atoms with Gasteiger partial charge in [-0.2, -0.15) is 0 Å². The van der Waals surface area contributed by atoms with Crippen molar-refractivity contribution in [1.82, 2.24) is 19.7 Å². The van der Waals surface area contributed by atoms with E-state index in [9.17, 15) is 13.2 Å². The molecule has 130 valence electrons. The van der Waals surface area contributed by atoms with Gasteiger partial charge in [0.1, 0.15) is 0 Å².